The molecule has 0 fully saturated rings. The highest BCUT2D eigenvalue weighted by Crippen LogP contribution is 2.47. The van der Waals surface area contributed by atoms with Gasteiger partial charge < -0.3 is 0 Å². The SMILES string of the molecule is CCCCC(CC)Cc1cc(Br)sc1-c1ccc(-c2ccc(-c3sc(Br)cc3CC(CC)CCCC)s2)s1. The third kappa shape index (κ3) is 7.94. The summed E-state index contributed by atoms with van der Waals surface area (Å²) < 4.78 is 2.50. The molecule has 0 aromatic carbocycles. The molecule has 6 heteroatoms. The molecule has 0 aliphatic carbocycles. The first kappa shape index (κ1) is 30.7. The van der Waals surface area contributed by atoms with Crippen molar-refractivity contribution in [2.75, 3.05) is 0 Å². The zero-order chi connectivity index (χ0) is 27.1. The molecule has 0 saturated carbocycles. The molecule has 0 N–H and O–H groups in total. The van der Waals surface area contributed by atoms with Crippen LogP contribution >= 0.6 is 77.2 Å². The Morgan fingerprint density at radius 2 is 0.974 bits per heavy atom. The maximum Gasteiger partial charge on any atom is 0.0708 e. The van der Waals surface area contributed by atoms with Gasteiger partial charge in [0.2, 0.25) is 0 Å². The lowest BCUT2D eigenvalue weighted by atomic mass is 9.92. The second-order valence-corrected chi connectivity index (χ2v) is 17.4. The minimum absolute atomic E-state index is 0.781. The molecule has 0 nitrogen and oxygen atoms in total. The van der Waals surface area contributed by atoms with E-state index < -0.39 is 0 Å². The average molecular weight is 713 g/mol. The van der Waals surface area contributed by atoms with Crippen molar-refractivity contribution in [3.05, 3.63) is 55.1 Å². The van der Waals surface area contributed by atoms with Crippen molar-refractivity contribution in [3.63, 3.8) is 0 Å². The lowest BCUT2D eigenvalue weighted by Crippen LogP contribution is -2.03. The zero-order valence-corrected chi connectivity index (χ0v) is 29.5. The van der Waals surface area contributed by atoms with Crippen LogP contribution in [0.1, 0.15) is 90.2 Å². The largest absolute Gasteiger partial charge is 0.134 e. The van der Waals surface area contributed by atoms with Crippen LogP contribution in [-0.4, -0.2) is 0 Å². The van der Waals surface area contributed by atoms with Crippen molar-refractivity contribution < 1.29 is 0 Å². The van der Waals surface area contributed by atoms with E-state index in [1.165, 1.54) is 112 Å². The van der Waals surface area contributed by atoms with Crippen molar-refractivity contribution in [3.8, 4) is 29.3 Å². The van der Waals surface area contributed by atoms with E-state index in [0.717, 1.165) is 11.8 Å². The van der Waals surface area contributed by atoms with Crippen LogP contribution in [0, 0.1) is 11.8 Å². The standard InChI is InChI=1S/C32H40Br2S4/c1-5-9-11-21(7-3)17-23-19-29(33)37-31(23)27-15-13-25(35-27)26-14-16-28(36-26)32-24(20-30(34)38-32)18-22(8-4)12-10-6-2/h13-16,19-22H,5-12,17-18H2,1-4H3. The highest BCUT2D eigenvalue weighted by Gasteiger charge is 2.19. The molecule has 0 amide bonds. The average Bonchev–Trinajstić information content (AvgIpc) is 3.70. The fourth-order valence-electron chi connectivity index (χ4n) is 5.20. The number of hydrogen-bond acceptors (Lipinski definition) is 4. The number of halogens is 2. The predicted octanol–water partition coefficient (Wildman–Crippen LogP) is 14.0. The van der Waals surface area contributed by atoms with Gasteiger partial charge >= 0.3 is 0 Å². The van der Waals surface area contributed by atoms with E-state index in [0.29, 0.717) is 0 Å². The second kappa shape index (κ2) is 15.1. The molecular formula is C32H40Br2S4. The Hall–Kier alpha value is -0.240. The normalized spacial score (nSPS) is 13.3. The fourth-order valence-corrected chi connectivity index (χ4v) is 11.0. The minimum Gasteiger partial charge on any atom is -0.134 e. The van der Waals surface area contributed by atoms with Crippen LogP contribution in [-0.2, 0) is 12.8 Å². The van der Waals surface area contributed by atoms with Crippen LogP contribution in [0.3, 0.4) is 0 Å². The Bertz CT molecular complexity index is 1180. The molecule has 206 valence electrons. The number of thiophene rings is 4. The molecule has 0 aliphatic heterocycles. The first-order valence-electron chi connectivity index (χ1n) is 14.2. The van der Waals surface area contributed by atoms with Gasteiger partial charge in [-0.2, -0.15) is 0 Å². The highest BCUT2D eigenvalue weighted by molar-refractivity contribution is 9.11. The smallest absolute Gasteiger partial charge is 0.0708 e. The summed E-state index contributed by atoms with van der Waals surface area (Å²) in [5.74, 6) is 1.56. The second-order valence-electron chi connectivity index (χ2n) is 10.4. The summed E-state index contributed by atoms with van der Waals surface area (Å²) in [4.78, 5) is 8.51. The summed E-state index contributed by atoms with van der Waals surface area (Å²) in [6, 6.07) is 14.1. The van der Waals surface area contributed by atoms with E-state index in [-0.39, 0.29) is 0 Å². The fraction of sp³-hybridized carbons (Fsp3) is 0.500. The molecule has 4 heterocycles. The highest BCUT2D eigenvalue weighted by atomic mass is 79.9. The lowest BCUT2D eigenvalue weighted by molar-refractivity contribution is 0.450. The van der Waals surface area contributed by atoms with E-state index in [1.54, 1.807) is 0 Å². The van der Waals surface area contributed by atoms with Crippen LogP contribution < -0.4 is 0 Å². The quantitative estimate of drug-likeness (QED) is 0.115. The van der Waals surface area contributed by atoms with Gasteiger partial charge in [-0.25, -0.2) is 0 Å². The first-order valence-corrected chi connectivity index (χ1v) is 19.1. The van der Waals surface area contributed by atoms with Gasteiger partial charge in [-0.1, -0.05) is 79.1 Å². The third-order valence-corrected chi connectivity index (χ3v) is 13.7. The zero-order valence-electron chi connectivity index (χ0n) is 23.1. The van der Waals surface area contributed by atoms with Crippen molar-refractivity contribution in [2.45, 2.75) is 91.9 Å². The Morgan fingerprint density at radius 3 is 1.34 bits per heavy atom. The Morgan fingerprint density at radius 1 is 0.579 bits per heavy atom. The minimum atomic E-state index is 0.781. The molecule has 0 bridgehead atoms. The summed E-state index contributed by atoms with van der Waals surface area (Å²) in [7, 11) is 0. The third-order valence-electron chi connectivity index (χ3n) is 7.56. The maximum absolute atomic E-state index is 3.79. The molecule has 0 saturated heterocycles. The molecular weight excluding hydrogens is 672 g/mol. The first-order chi connectivity index (χ1) is 18.4. The van der Waals surface area contributed by atoms with Gasteiger partial charge in [0.15, 0.2) is 0 Å². The molecule has 0 aliphatic rings. The van der Waals surface area contributed by atoms with Crippen molar-refractivity contribution in [1.29, 1.82) is 0 Å². The number of unbranched alkanes of at least 4 members (excludes halogenated alkanes) is 2. The molecule has 4 rings (SSSR count). The topological polar surface area (TPSA) is 0 Å². The maximum atomic E-state index is 3.79. The van der Waals surface area contributed by atoms with Crippen molar-refractivity contribution in [2.24, 2.45) is 11.8 Å². The molecule has 2 unspecified atom stereocenters. The summed E-state index contributed by atoms with van der Waals surface area (Å²) in [6.45, 7) is 9.31. The van der Waals surface area contributed by atoms with Crippen LogP contribution in [0.25, 0.3) is 29.3 Å². The van der Waals surface area contributed by atoms with Crippen molar-refractivity contribution >= 4 is 77.2 Å². The van der Waals surface area contributed by atoms with Crippen LogP contribution in [0.15, 0.2) is 44.0 Å². The molecule has 2 atom stereocenters. The van der Waals surface area contributed by atoms with Gasteiger partial charge in [-0.3, -0.25) is 0 Å². The summed E-state index contributed by atoms with van der Waals surface area (Å²) in [6.07, 6.45) is 12.8. The van der Waals surface area contributed by atoms with Crippen molar-refractivity contribution in [1.82, 2.24) is 0 Å². The van der Waals surface area contributed by atoms with Gasteiger partial charge in [0.05, 0.1) is 7.57 Å². The lowest BCUT2D eigenvalue weighted by Gasteiger charge is -2.14. The van der Waals surface area contributed by atoms with E-state index in [9.17, 15) is 0 Å². The number of hydrogen-bond donors (Lipinski definition) is 0. The predicted molar refractivity (Wildman–Crippen MR) is 184 cm³/mol. The van der Waals surface area contributed by atoms with E-state index in [2.05, 4.69) is 96.0 Å². The Labute approximate surface area is 263 Å². The molecule has 4 aromatic rings. The number of rotatable bonds is 15. The molecule has 4 aromatic heterocycles. The molecule has 0 radical (unpaired) electrons. The van der Waals surface area contributed by atoms with E-state index in [4.69, 9.17) is 0 Å². The monoisotopic (exact) mass is 710 g/mol. The van der Waals surface area contributed by atoms with Gasteiger partial charge in [0, 0.05) is 29.3 Å². The molecule has 38 heavy (non-hydrogen) atoms. The van der Waals surface area contributed by atoms with Gasteiger partial charge in [-0.15, -0.1) is 45.3 Å². The van der Waals surface area contributed by atoms with E-state index >= 15 is 0 Å². The summed E-state index contributed by atoms with van der Waals surface area (Å²) in [5, 5.41) is 0. The van der Waals surface area contributed by atoms with Crippen LogP contribution in [0.5, 0.6) is 0 Å². The van der Waals surface area contributed by atoms with Crippen LogP contribution in [0.4, 0.5) is 0 Å². The van der Waals surface area contributed by atoms with Gasteiger partial charge in [0.1, 0.15) is 0 Å². The molecule has 0 spiro atoms. The van der Waals surface area contributed by atoms with Gasteiger partial charge in [-0.05, 0) is 104 Å². The Kier molecular flexibility index (Phi) is 12.2. The Balaban J connectivity index is 1.54. The van der Waals surface area contributed by atoms with Crippen LogP contribution in [0.2, 0.25) is 0 Å². The summed E-state index contributed by atoms with van der Waals surface area (Å²) >= 11 is 15.3. The van der Waals surface area contributed by atoms with Gasteiger partial charge in [0.25, 0.3) is 0 Å². The van der Waals surface area contributed by atoms with E-state index in [1.807, 2.05) is 45.3 Å². The summed E-state index contributed by atoms with van der Waals surface area (Å²) in [5.41, 5.74) is 3.04.